The van der Waals surface area contributed by atoms with Gasteiger partial charge in [0.15, 0.2) is 11.5 Å². The fraction of sp³-hybridized carbons (Fsp3) is 0. The lowest BCUT2D eigenvalue weighted by molar-refractivity contribution is 0.637. The molecule has 0 aliphatic heterocycles. The minimum Gasteiger partial charge on any atom is -0.381 e. The summed E-state index contributed by atoms with van der Waals surface area (Å²) >= 11 is 3.40. The zero-order valence-electron chi connectivity index (χ0n) is 11.2. The SMILES string of the molecule is Nc1nc(Br)c(-c2cc(F)c3ncccc3c2)n2ccnc12. The van der Waals surface area contributed by atoms with Crippen LogP contribution in [0.5, 0.6) is 0 Å². The fourth-order valence-corrected chi connectivity index (χ4v) is 3.14. The summed E-state index contributed by atoms with van der Waals surface area (Å²) in [5.41, 5.74) is 8.09. The Morgan fingerprint density at radius 2 is 2.05 bits per heavy atom. The first-order valence-electron chi connectivity index (χ1n) is 6.48. The summed E-state index contributed by atoms with van der Waals surface area (Å²) in [6.07, 6.45) is 4.96. The van der Waals surface area contributed by atoms with Crippen LogP contribution in [-0.2, 0) is 0 Å². The van der Waals surface area contributed by atoms with Crippen LogP contribution in [0.1, 0.15) is 0 Å². The third-order valence-corrected chi connectivity index (χ3v) is 4.01. The number of anilines is 1. The summed E-state index contributed by atoms with van der Waals surface area (Å²) in [6, 6.07) is 6.89. The molecule has 2 N–H and O–H groups in total. The molecule has 0 atom stereocenters. The monoisotopic (exact) mass is 357 g/mol. The van der Waals surface area contributed by atoms with Crippen LogP contribution in [0.15, 0.2) is 47.5 Å². The zero-order valence-corrected chi connectivity index (χ0v) is 12.7. The summed E-state index contributed by atoms with van der Waals surface area (Å²) < 4.78 is 16.6. The Morgan fingerprint density at radius 1 is 1.18 bits per heavy atom. The Labute approximate surface area is 132 Å². The van der Waals surface area contributed by atoms with Crippen LogP contribution < -0.4 is 5.73 Å². The molecule has 0 unspecified atom stereocenters. The van der Waals surface area contributed by atoms with E-state index in [-0.39, 0.29) is 5.82 Å². The summed E-state index contributed by atoms with van der Waals surface area (Å²) in [7, 11) is 0. The molecule has 1 aromatic carbocycles. The van der Waals surface area contributed by atoms with Crippen molar-refractivity contribution in [2.75, 3.05) is 5.73 Å². The number of pyridine rings is 1. The summed E-state index contributed by atoms with van der Waals surface area (Å²) in [5.74, 6) is -0.0753. The number of halogens is 2. The molecule has 4 aromatic rings. The van der Waals surface area contributed by atoms with E-state index >= 15 is 0 Å². The maximum atomic E-state index is 14.3. The lowest BCUT2D eigenvalue weighted by atomic mass is 10.1. The predicted molar refractivity (Wildman–Crippen MR) is 85.8 cm³/mol. The van der Waals surface area contributed by atoms with Crippen molar-refractivity contribution in [1.29, 1.82) is 0 Å². The molecule has 4 rings (SSSR count). The van der Waals surface area contributed by atoms with E-state index in [2.05, 4.69) is 30.9 Å². The van der Waals surface area contributed by atoms with E-state index in [1.165, 1.54) is 6.07 Å². The largest absolute Gasteiger partial charge is 0.381 e. The third-order valence-electron chi connectivity index (χ3n) is 3.46. The molecule has 7 heteroatoms. The molecule has 0 saturated heterocycles. The Bertz CT molecular complexity index is 1030. The number of fused-ring (bicyclic) bond motifs is 2. The molecule has 0 bridgehead atoms. The number of hydrogen-bond donors (Lipinski definition) is 1. The molecule has 0 spiro atoms. The number of hydrogen-bond acceptors (Lipinski definition) is 4. The van der Waals surface area contributed by atoms with Gasteiger partial charge < -0.3 is 5.73 Å². The molecule has 0 fully saturated rings. The van der Waals surface area contributed by atoms with Crippen LogP contribution in [0.2, 0.25) is 0 Å². The van der Waals surface area contributed by atoms with Crippen LogP contribution in [0.25, 0.3) is 27.8 Å². The standard InChI is InChI=1S/C15H9BrFN5/c16-13-12(22-5-4-20-15(22)14(18)21-13)9-6-8-2-1-3-19-11(8)10(17)7-9/h1-7H,(H2,18,21). The molecule has 3 aromatic heterocycles. The average molecular weight is 358 g/mol. The van der Waals surface area contributed by atoms with E-state index in [0.717, 1.165) is 5.39 Å². The number of nitrogen functional groups attached to an aromatic ring is 1. The van der Waals surface area contributed by atoms with Gasteiger partial charge in [0.25, 0.3) is 0 Å². The van der Waals surface area contributed by atoms with Crippen molar-refractivity contribution in [2.24, 2.45) is 0 Å². The molecule has 5 nitrogen and oxygen atoms in total. The van der Waals surface area contributed by atoms with E-state index in [0.29, 0.717) is 32.8 Å². The van der Waals surface area contributed by atoms with Crippen LogP contribution in [-0.4, -0.2) is 19.4 Å². The van der Waals surface area contributed by atoms with Gasteiger partial charge in [-0.05, 0) is 34.1 Å². The first kappa shape index (κ1) is 13.1. The highest BCUT2D eigenvalue weighted by Crippen LogP contribution is 2.32. The molecule has 0 amide bonds. The van der Waals surface area contributed by atoms with Crippen molar-refractivity contribution in [3.63, 3.8) is 0 Å². The molecule has 0 aliphatic rings. The number of nitrogens with two attached hydrogens (primary N) is 1. The Kier molecular flexibility index (Phi) is 2.83. The van der Waals surface area contributed by atoms with Gasteiger partial charge in [-0.15, -0.1) is 0 Å². The zero-order chi connectivity index (χ0) is 15.3. The van der Waals surface area contributed by atoms with Crippen LogP contribution >= 0.6 is 15.9 Å². The Balaban J connectivity index is 2.09. The highest BCUT2D eigenvalue weighted by molar-refractivity contribution is 9.10. The average Bonchev–Trinajstić information content (AvgIpc) is 2.97. The van der Waals surface area contributed by atoms with Crippen molar-refractivity contribution in [3.8, 4) is 11.3 Å². The highest BCUT2D eigenvalue weighted by Gasteiger charge is 2.15. The van der Waals surface area contributed by atoms with Crippen molar-refractivity contribution in [1.82, 2.24) is 19.4 Å². The highest BCUT2D eigenvalue weighted by atomic mass is 79.9. The van der Waals surface area contributed by atoms with E-state index in [1.54, 1.807) is 29.1 Å². The van der Waals surface area contributed by atoms with Crippen molar-refractivity contribution in [2.45, 2.75) is 0 Å². The van der Waals surface area contributed by atoms with Crippen LogP contribution in [0, 0.1) is 5.82 Å². The molecule has 0 saturated carbocycles. The maximum absolute atomic E-state index is 14.3. The second-order valence-corrected chi connectivity index (χ2v) is 5.54. The first-order valence-corrected chi connectivity index (χ1v) is 7.27. The molecule has 108 valence electrons. The van der Waals surface area contributed by atoms with Crippen LogP contribution in [0.3, 0.4) is 0 Å². The molecular weight excluding hydrogens is 349 g/mol. The Hall–Kier alpha value is -2.54. The molecule has 3 heterocycles. The van der Waals surface area contributed by atoms with Gasteiger partial charge in [0, 0.05) is 29.5 Å². The molecule has 22 heavy (non-hydrogen) atoms. The minimum absolute atomic E-state index is 0.309. The third kappa shape index (κ3) is 1.86. The second kappa shape index (κ2) is 4.74. The lowest BCUT2D eigenvalue weighted by Gasteiger charge is -2.10. The van der Waals surface area contributed by atoms with Gasteiger partial charge in [-0.25, -0.2) is 14.4 Å². The Morgan fingerprint density at radius 3 is 2.91 bits per heavy atom. The van der Waals surface area contributed by atoms with Gasteiger partial charge in [-0.1, -0.05) is 6.07 Å². The summed E-state index contributed by atoms with van der Waals surface area (Å²) in [4.78, 5) is 12.5. The fourth-order valence-electron chi connectivity index (χ4n) is 2.52. The van der Waals surface area contributed by atoms with E-state index < -0.39 is 0 Å². The molecule has 0 radical (unpaired) electrons. The van der Waals surface area contributed by atoms with Crippen molar-refractivity contribution in [3.05, 3.63) is 53.3 Å². The lowest BCUT2D eigenvalue weighted by Crippen LogP contribution is -2.02. The van der Waals surface area contributed by atoms with Gasteiger partial charge in [-0.3, -0.25) is 9.38 Å². The normalized spacial score (nSPS) is 11.4. The number of aromatic nitrogens is 4. The van der Waals surface area contributed by atoms with Crippen LogP contribution in [0.4, 0.5) is 10.2 Å². The van der Waals surface area contributed by atoms with Gasteiger partial charge in [0.05, 0.1) is 5.69 Å². The first-order chi connectivity index (χ1) is 10.6. The quantitative estimate of drug-likeness (QED) is 0.566. The van der Waals surface area contributed by atoms with E-state index in [1.807, 2.05) is 12.1 Å². The molecule has 0 aliphatic carbocycles. The van der Waals surface area contributed by atoms with Crippen molar-refractivity contribution < 1.29 is 4.39 Å². The number of rotatable bonds is 1. The van der Waals surface area contributed by atoms with Crippen molar-refractivity contribution >= 4 is 38.3 Å². The number of benzene rings is 1. The summed E-state index contributed by atoms with van der Waals surface area (Å²) in [5, 5.41) is 0.717. The smallest absolute Gasteiger partial charge is 0.180 e. The minimum atomic E-state index is -0.384. The van der Waals surface area contributed by atoms with Gasteiger partial charge in [-0.2, -0.15) is 0 Å². The van der Waals surface area contributed by atoms with Gasteiger partial charge in [0.1, 0.15) is 15.9 Å². The number of imidazole rings is 1. The molecular formula is C15H9BrFN5. The van der Waals surface area contributed by atoms with Gasteiger partial charge in [0.2, 0.25) is 0 Å². The van der Waals surface area contributed by atoms with Gasteiger partial charge >= 0.3 is 0 Å². The second-order valence-electron chi connectivity index (χ2n) is 4.79. The maximum Gasteiger partial charge on any atom is 0.180 e. The predicted octanol–water partition coefficient (Wildman–Crippen LogP) is 3.43. The van der Waals surface area contributed by atoms with E-state index in [9.17, 15) is 4.39 Å². The number of nitrogens with zero attached hydrogens (tertiary/aromatic N) is 4. The summed E-state index contributed by atoms with van der Waals surface area (Å²) in [6.45, 7) is 0. The topological polar surface area (TPSA) is 69.1 Å². The van der Waals surface area contributed by atoms with E-state index in [4.69, 9.17) is 5.73 Å².